The van der Waals surface area contributed by atoms with Gasteiger partial charge in [0.1, 0.15) is 6.10 Å². The fourth-order valence-corrected chi connectivity index (χ4v) is 0.955. The van der Waals surface area contributed by atoms with Crippen molar-refractivity contribution < 1.29 is 9.66 Å². The fraction of sp³-hybridized carbons (Fsp3) is 1.00. The van der Waals surface area contributed by atoms with E-state index in [1.165, 1.54) is 0 Å². The van der Waals surface area contributed by atoms with Gasteiger partial charge in [-0.1, -0.05) is 0 Å². The molecule has 1 fully saturated rings. The Morgan fingerprint density at radius 1 is 1.78 bits per heavy atom. The Kier molecular flexibility index (Phi) is 2.00. The number of hydrogen-bond acceptors (Lipinski definition) is 3. The van der Waals surface area contributed by atoms with E-state index >= 15 is 0 Å². The highest BCUT2D eigenvalue weighted by molar-refractivity contribution is 4.62. The molecule has 52 valence electrons. The van der Waals surface area contributed by atoms with Crippen LogP contribution in [0.2, 0.25) is 0 Å². The van der Waals surface area contributed by atoms with Crippen LogP contribution in [0.15, 0.2) is 0 Å². The molecular weight excluding hydrogens is 122 g/mol. The van der Waals surface area contributed by atoms with E-state index in [9.17, 15) is 10.1 Å². The number of rotatable bonds is 2. The highest BCUT2D eigenvalue weighted by Crippen LogP contribution is 2.11. The molecule has 0 saturated carbocycles. The van der Waals surface area contributed by atoms with Gasteiger partial charge < -0.3 is 4.74 Å². The predicted octanol–water partition coefficient (Wildman–Crippen LogP) is 0.442. The molecule has 4 heteroatoms. The number of hydrogen-bond donors (Lipinski definition) is 0. The first-order chi connectivity index (χ1) is 4.29. The maximum absolute atomic E-state index is 9.88. The maximum Gasteiger partial charge on any atom is 0.229 e. The summed E-state index contributed by atoms with van der Waals surface area (Å²) in [7, 11) is 0. The zero-order chi connectivity index (χ0) is 6.69. The van der Waals surface area contributed by atoms with E-state index in [1.807, 2.05) is 0 Å². The van der Waals surface area contributed by atoms with Gasteiger partial charge in [0.05, 0.1) is 0 Å². The molecule has 0 spiro atoms. The minimum atomic E-state index is -0.323. The molecule has 4 nitrogen and oxygen atoms in total. The summed E-state index contributed by atoms with van der Waals surface area (Å²) in [4.78, 5) is 9.56. The number of nitro groups is 1. The van der Waals surface area contributed by atoms with E-state index in [0.29, 0.717) is 6.61 Å². The van der Waals surface area contributed by atoms with Gasteiger partial charge in [-0.15, -0.1) is 0 Å². The summed E-state index contributed by atoms with van der Waals surface area (Å²) >= 11 is 0. The SMILES string of the molecule is O=[N+]([O-])CC1CCCO1. The third-order valence-corrected chi connectivity index (χ3v) is 1.38. The summed E-state index contributed by atoms with van der Waals surface area (Å²) < 4.78 is 5.02. The molecule has 0 bridgehead atoms. The molecule has 0 amide bonds. The normalized spacial score (nSPS) is 26.4. The van der Waals surface area contributed by atoms with Gasteiger partial charge in [0.25, 0.3) is 0 Å². The van der Waals surface area contributed by atoms with Crippen LogP contribution in [0.1, 0.15) is 12.8 Å². The van der Waals surface area contributed by atoms with Crippen LogP contribution in [-0.4, -0.2) is 24.2 Å². The Labute approximate surface area is 53.0 Å². The molecule has 1 aliphatic heterocycles. The summed E-state index contributed by atoms with van der Waals surface area (Å²) in [5.74, 6) is 0. The van der Waals surface area contributed by atoms with Crippen LogP contribution in [0.4, 0.5) is 0 Å². The molecule has 1 rings (SSSR count). The zero-order valence-electron chi connectivity index (χ0n) is 5.08. The molecule has 9 heavy (non-hydrogen) atoms. The van der Waals surface area contributed by atoms with Gasteiger partial charge in [0.15, 0.2) is 0 Å². The lowest BCUT2D eigenvalue weighted by Crippen LogP contribution is -2.17. The lowest BCUT2D eigenvalue weighted by Gasteiger charge is -2.00. The molecular formula is C5H9NO3. The molecule has 0 N–H and O–H groups in total. The number of nitrogens with zero attached hydrogens (tertiary/aromatic N) is 1. The maximum atomic E-state index is 9.88. The van der Waals surface area contributed by atoms with Crippen LogP contribution in [0.25, 0.3) is 0 Å². The molecule has 0 aromatic carbocycles. The third-order valence-electron chi connectivity index (χ3n) is 1.38. The van der Waals surface area contributed by atoms with E-state index in [-0.39, 0.29) is 17.6 Å². The van der Waals surface area contributed by atoms with E-state index in [4.69, 9.17) is 4.74 Å². The molecule has 1 aliphatic rings. The van der Waals surface area contributed by atoms with Crippen LogP contribution in [0.3, 0.4) is 0 Å². The highest BCUT2D eigenvalue weighted by atomic mass is 16.6. The summed E-state index contributed by atoms with van der Waals surface area (Å²) in [6.07, 6.45) is 1.71. The zero-order valence-corrected chi connectivity index (χ0v) is 5.08. The summed E-state index contributed by atoms with van der Waals surface area (Å²) in [5.41, 5.74) is 0. The lowest BCUT2D eigenvalue weighted by atomic mass is 10.2. The minimum absolute atomic E-state index is 0.0278. The quantitative estimate of drug-likeness (QED) is 0.403. The van der Waals surface area contributed by atoms with E-state index in [2.05, 4.69) is 0 Å². The van der Waals surface area contributed by atoms with Gasteiger partial charge in [0.2, 0.25) is 6.54 Å². The van der Waals surface area contributed by atoms with E-state index < -0.39 is 0 Å². The van der Waals surface area contributed by atoms with Gasteiger partial charge in [-0.05, 0) is 12.8 Å². The Bertz CT molecular complexity index is 109. The third kappa shape index (κ3) is 1.97. The standard InChI is InChI=1S/C5H9NO3/c7-6(8)4-5-2-1-3-9-5/h5H,1-4H2. The molecule has 0 radical (unpaired) electrons. The van der Waals surface area contributed by atoms with Gasteiger partial charge in [-0.3, -0.25) is 10.1 Å². The topological polar surface area (TPSA) is 52.4 Å². The fourth-order valence-electron chi connectivity index (χ4n) is 0.955. The van der Waals surface area contributed by atoms with E-state index in [1.54, 1.807) is 0 Å². The van der Waals surface area contributed by atoms with Crippen molar-refractivity contribution >= 4 is 0 Å². The summed E-state index contributed by atoms with van der Waals surface area (Å²) in [6.45, 7) is 0.665. The van der Waals surface area contributed by atoms with Gasteiger partial charge in [-0.25, -0.2) is 0 Å². The van der Waals surface area contributed by atoms with Crippen LogP contribution >= 0.6 is 0 Å². The first-order valence-electron chi connectivity index (χ1n) is 3.02. The van der Waals surface area contributed by atoms with Crippen molar-refractivity contribution in [2.75, 3.05) is 13.2 Å². The number of ether oxygens (including phenoxy) is 1. The monoisotopic (exact) mass is 131 g/mol. The molecule has 1 atom stereocenters. The van der Waals surface area contributed by atoms with Crippen molar-refractivity contribution in [2.45, 2.75) is 18.9 Å². The molecule has 1 unspecified atom stereocenters. The van der Waals surface area contributed by atoms with Crippen molar-refractivity contribution in [1.29, 1.82) is 0 Å². The molecule has 0 aliphatic carbocycles. The molecule has 0 aromatic rings. The van der Waals surface area contributed by atoms with Crippen LogP contribution in [-0.2, 0) is 4.74 Å². The highest BCUT2D eigenvalue weighted by Gasteiger charge is 2.20. The predicted molar refractivity (Wildman–Crippen MR) is 30.8 cm³/mol. The smallest absolute Gasteiger partial charge is 0.229 e. The van der Waals surface area contributed by atoms with Crippen LogP contribution < -0.4 is 0 Å². The van der Waals surface area contributed by atoms with Crippen molar-refractivity contribution in [1.82, 2.24) is 0 Å². The Hall–Kier alpha value is -0.640. The second-order valence-corrected chi connectivity index (χ2v) is 2.15. The van der Waals surface area contributed by atoms with Gasteiger partial charge in [0, 0.05) is 11.5 Å². The molecule has 0 aromatic heterocycles. The Balaban J connectivity index is 2.19. The van der Waals surface area contributed by atoms with Crippen molar-refractivity contribution in [3.63, 3.8) is 0 Å². The van der Waals surface area contributed by atoms with Crippen molar-refractivity contribution in [2.24, 2.45) is 0 Å². The first-order valence-corrected chi connectivity index (χ1v) is 3.02. The van der Waals surface area contributed by atoms with Crippen LogP contribution in [0, 0.1) is 10.1 Å². The van der Waals surface area contributed by atoms with E-state index in [0.717, 1.165) is 12.8 Å². The lowest BCUT2D eigenvalue weighted by molar-refractivity contribution is -0.490. The average molecular weight is 131 g/mol. The Morgan fingerprint density at radius 3 is 3.00 bits per heavy atom. The second-order valence-electron chi connectivity index (χ2n) is 2.15. The van der Waals surface area contributed by atoms with Gasteiger partial charge in [-0.2, -0.15) is 0 Å². The minimum Gasteiger partial charge on any atom is -0.371 e. The van der Waals surface area contributed by atoms with Crippen LogP contribution in [0.5, 0.6) is 0 Å². The largest absolute Gasteiger partial charge is 0.371 e. The molecule has 1 heterocycles. The summed E-state index contributed by atoms with van der Waals surface area (Å²) in [5, 5.41) is 9.88. The van der Waals surface area contributed by atoms with Gasteiger partial charge >= 0.3 is 0 Å². The Morgan fingerprint density at radius 2 is 2.56 bits per heavy atom. The molecule has 1 saturated heterocycles. The average Bonchev–Trinajstić information content (AvgIpc) is 2.15. The summed E-state index contributed by atoms with van der Waals surface area (Å²) in [6, 6.07) is 0. The van der Waals surface area contributed by atoms with Crippen molar-refractivity contribution in [3.8, 4) is 0 Å². The second kappa shape index (κ2) is 2.77. The van der Waals surface area contributed by atoms with Crippen molar-refractivity contribution in [3.05, 3.63) is 10.1 Å². The first kappa shape index (κ1) is 6.48.